The van der Waals surface area contributed by atoms with E-state index in [1.807, 2.05) is 25.1 Å². The molecule has 0 bridgehead atoms. The van der Waals surface area contributed by atoms with Crippen LogP contribution in [0.25, 0.3) is 0 Å². The molecule has 0 spiro atoms. The van der Waals surface area contributed by atoms with Gasteiger partial charge in [0.1, 0.15) is 12.3 Å². The maximum Gasteiger partial charge on any atom is 0.264 e. The molecule has 1 aliphatic rings. The number of halogens is 1. The van der Waals surface area contributed by atoms with Crippen LogP contribution in [0.3, 0.4) is 0 Å². The van der Waals surface area contributed by atoms with Gasteiger partial charge in [-0.1, -0.05) is 35.9 Å². The van der Waals surface area contributed by atoms with E-state index in [0.717, 1.165) is 29.1 Å². The number of benzene rings is 3. The van der Waals surface area contributed by atoms with E-state index in [4.69, 9.17) is 16.3 Å². The Morgan fingerprint density at radius 3 is 2.47 bits per heavy atom. The van der Waals surface area contributed by atoms with Crippen LogP contribution < -0.4 is 14.4 Å². The Morgan fingerprint density at radius 2 is 1.76 bits per heavy atom. The average molecular weight is 499 g/mol. The second-order valence-electron chi connectivity index (χ2n) is 8.10. The number of hydrogen-bond acceptors (Lipinski definition) is 4. The normalized spacial score (nSPS) is 15.3. The van der Waals surface area contributed by atoms with Gasteiger partial charge in [0.15, 0.2) is 0 Å². The Hall–Kier alpha value is -3.03. The topological polar surface area (TPSA) is 75.7 Å². The number of ether oxygens (including phenoxy) is 1. The number of nitrogens with one attached hydrogen (secondary N) is 1. The van der Waals surface area contributed by atoms with Crippen molar-refractivity contribution in [3.63, 3.8) is 0 Å². The van der Waals surface area contributed by atoms with Gasteiger partial charge in [0.05, 0.1) is 23.2 Å². The second-order valence-corrected chi connectivity index (χ2v) is 10.4. The highest BCUT2D eigenvalue weighted by Crippen LogP contribution is 2.30. The molecule has 8 heteroatoms. The number of nitrogens with zero attached hydrogens (tertiary/aromatic N) is 1. The van der Waals surface area contributed by atoms with Gasteiger partial charge in [-0.15, -0.1) is 0 Å². The van der Waals surface area contributed by atoms with Crippen molar-refractivity contribution in [1.29, 1.82) is 0 Å². The standard InChI is InChI=1S/C26H27ClN2O4S/c1-2-33-22-14-12-21(13-15-22)29(34(31,32)23-16-10-20(27)11-17-23)18-26(30)28-25-9-5-7-19-6-3-4-8-24(19)25/h3-4,6,8,10-17,25H,2,5,7,9,18H2,1H3,(H,28,30)/t25-/m0/s1. The van der Waals surface area contributed by atoms with Gasteiger partial charge in [-0.3, -0.25) is 9.10 Å². The van der Waals surface area contributed by atoms with Gasteiger partial charge < -0.3 is 10.1 Å². The number of sulfonamides is 1. The molecule has 1 aliphatic carbocycles. The van der Waals surface area contributed by atoms with Gasteiger partial charge in [0.25, 0.3) is 10.0 Å². The van der Waals surface area contributed by atoms with E-state index in [1.54, 1.807) is 24.3 Å². The summed E-state index contributed by atoms with van der Waals surface area (Å²) in [6.07, 6.45) is 2.76. The summed E-state index contributed by atoms with van der Waals surface area (Å²) >= 11 is 5.95. The molecule has 178 valence electrons. The third-order valence-corrected chi connectivity index (χ3v) is 7.87. The number of carbonyl (C=O) groups is 1. The molecule has 4 rings (SSSR count). The molecule has 0 radical (unpaired) electrons. The maximum atomic E-state index is 13.6. The molecule has 1 N–H and O–H groups in total. The number of carbonyl (C=O) groups excluding carboxylic acids is 1. The van der Waals surface area contributed by atoms with Gasteiger partial charge in [-0.2, -0.15) is 0 Å². The Labute approximate surface area is 205 Å². The molecular formula is C26H27ClN2O4S. The van der Waals surface area contributed by atoms with Gasteiger partial charge >= 0.3 is 0 Å². The predicted molar refractivity (Wildman–Crippen MR) is 134 cm³/mol. The summed E-state index contributed by atoms with van der Waals surface area (Å²) < 4.78 is 33.7. The molecule has 1 atom stereocenters. The van der Waals surface area contributed by atoms with Gasteiger partial charge in [-0.05, 0) is 85.8 Å². The van der Waals surface area contributed by atoms with E-state index in [0.29, 0.717) is 23.1 Å². The number of hydrogen-bond donors (Lipinski definition) is 1. The molecule has 3 aromatic rings. The molecule has 0 aromatic heterocycles. The predicted octanol–water partition coefficient (Wildman–Crippen LogP) is 5.13. The highest BCUT2D eigenvalue weighted by Gasteiger charge is 2.29. The lowest BCUT2D eigenvalue weighted by atomic mass is 9.88. The maximum absolute atomic E-state index is 13.6. The van der Waals surface area contributed by atoms with Gasteiger partial charge in [0.2, 0.25) is 5.91 Å². The number of fused-ring (bicyclic) bond motifs is 1. The minimum absolute atomic E-state index is 0.0570. The molecule has 34 heavy (non-hydrogen) atoms. The van der Waals surface area contributed by atoms with Crippen LogP contribution in [0.1, 0.15) is 36.9 Å². The second kappa shape index (κ2) is 10.5. The Bertz CT molecular complexity index is 1240. The molecule has 0 saturated carbocycles. The fraction of sp³-hybridized carbons (Fsp3) is 0.269. The zero-order valence-corrected chi connectivity index (χ0v) is 20.5. The van der Waals surface area contributed by atoms with Gasteiger partial charge in [-0.25, -0.2) is 8.42 Å². The Kier molecular flexibility index (Phi) is 7.44. The van der Waals surface area contributed by atoms with E-state index in [1.165, 1.54) is 29.8 Å². The first-order chi connectivity index (χ1) is 16.4. The summed E-state index contributed by atoms with van der Waals surface area (Å²) in [5.74, 6) is 0.256. The number of anilines is 1. The lowest BCUT2D eigenvalue weighted by molar-refractivity contribution is -0.120. The summed E-state index contributed by atoms with van der Waals surface area (Å²) in [7, 11) is -4.02. The van der Waals surface area contributed by atoms with Crippen molar-refractivity contribution < 1.29 is 17.9 Å². The molecule has 0 saturated heterocycles. The quantitative estimate of drug-likeness (QED) is 0.467. The van der Waals surface area contributed by atoms with E-state index in [-0.39, 0.29) is 23.4 Å². The van der Waals surface area contributed by atoms with Crippen LogP contribution in [0.4, 0.5) is 5.69 Å². The molecule has 0 heterocycles. The zero-order chi connectivity index (χ0) is 24.1. The fourth-order valence-corrected chi connectivity index (χ4v) is 5.75. The zero-order valence-electron chi connectivity index (χ0n) is 18.9. The lowest BCUT2D eigenvalue weighted by Gasteiger charge is -2.29. The van der Waals surface area contributed by atoms with Crippen molar-refractivity contribution in [2.24, 2.45) is 0 Å². The van der Waals surface area contributed by atoms with Gasteiger partial charge in [0, 0.05) is 5.02 Å². The highest BCUT2D eigenvalue weighted by atomic mass is 35.5. The van der Waals surface area contributed by atoms with Crippen molar-refractivity contribution in [2.45, 2.75) is 37.1 Å². The first-order valence-electron chi connectivity index (χ1n) is 11.3. The first kappa shape index (κ1) is 24.1. The van der Waals surface area contributed by atoms with Crippen LogP contribution in [0.2, 0.25) is 5.02 Å². The Balaban J connectivity index is 1.62. The third-order valence-electron chi connectivity index (χ3n) is 5.83. The Morgan fingerprint density at radius 1 is 1.06 bits per heavy atom. The van der Waals surface area contributed by atoms with Crippen LogP contribution in [0.5, 0.6) is 5.75 Å². The molecule has 1 amide bonds. The van der Waals surface area contributed by atoms with Crippen molar-refractivity contribution >= 4 is 33.2 Å². The molecule has 0 fully saturated rings. The minimum Gasteiger partial charge on any atom is -0.494 e. The van der Waals surface area contributed by atoms with E-state index < -0.39 is 10.0 Å². The van der Waals surface area contributed by atoms with Crippen LogP contribution in [-0.4, -0.2) is 27.5 Å². The summed E-state index contributed by atoms with van der Waals surface area (Å²) in [5, 5.41) is 3.48. The van der Waals surface area contributed by atoms with Crippen LogP contribution in [0.15, 0.2) is 77.7 Å². The molecular weight excluding hydrogens is 472 g/mol. The van der Waals surface area contributed by atoms with Crippen molar-refractivity contribution in [2.75, 3.05) is 17.5 Å². The third kappa shape index (κ3) is 5.37. The average Bonchev–Trinajstić information content (AvgIpc) is 2.84. The van der Waals surface area contributed by atoms with E-state index >= 15 is 0 Å². The van der Waals surface area contributed by atoms with Crippen LogP contribution in [0, 0.1) is 0 Å². The largest absolute Gasteiger partial charge is 0.494 e. The highest BCUT2D eigenvalue weighted by molar-refractivity contribution is 7.92. The van der Waals surface area contributed by atoms with Crippen LogP contribution in [-0.2, 0) is 21.2 Å². The summed E-state index contributed by atoms with van der Waals surface area (Å²) in [5.41, 5.74) is 2.68. The smallest absolute Gasteiger partial charge is 0.264 e. The minimum atomic E-state index is -4.02. The first-order valence-corrected chi connectivity index (χ1v) is 13.1. The number of amides is 1. The van der Waals surface area contributed by atoms with Crippen LogP contribution >= 0.6 is 11.6 Å². The fourth-order valence-electron chi connectivity index (χ4n) is 4.20. The number of aryl methyl sites for hydroxylation is 1. The molecule has 0 aliphatic heterocycles. The van der Waals surface area contributed by atoms with Crippen molar-refractivity contribution in [3.8, 4) is 5.75 Å². The van der Waals surface area contributed by atoms with Crippen molar-refractivity contribution in [3.05, 3.63) is 88.9 Å². The van der Waals surface area contributed by atoms with Crippen molar-refractivity contribution in [1.82, 2.24) is 5.32 Å². The van der Waals surface area contributed by atoms with E-state index in [2.05, 4.69) is 11.4 Å². The SMILES string of the molecule is CCOc1ccc(N(CC(=O)N[C@H]2CCCc3ccccc32)S(=O)(=O)c2ccc(Cl)cc2)cc1. The number of rotatable bonds is 8. The summed E-state index contributed by atoms with van der Waals surface area (Å²) in [6, 6.07) is 20.5. The molecule has 3 aromatic carbocycles. The molecule has 0 unspecified atom stereocenters. The monoisotopic (exact) mass is 498 g/mol. The molecule has 6 nitrogen and oxygen atoms in total. The summed E-state index contributed by atoms with van der Waals surface area (Å²) in [6.45, 7) is 2.02. The van der Waals surface area contributed by atoms with E-state index in [9.17, 15) is 13.2 Å². The summed E-state index contributed by atoms with van der Waals surface area (Å²) in [4.78, 5) is 13.2. The lowest BCUT2D eigenvalue weighted by Crippen LogP contribution is -2.42.